The van der Waals surface area contributed by atoms with Crippen LogP contribution >= 0.6 is 11.8 Å². The minimum atomic E-state index is 0.723. The molecule has 88 valence electrons. The summed E-state index contributed by atoms with van der Waals surface area (Å²) < 4.78 is 0. The van der Waals surface area contributed by atoms with E-state index in [1.807, 2.05) is 0 Å². The Morgan fingerprint density at radius 3 is 2.67 bits per heavy atom. The van der Waals surface area contributed by atoms with Gasteiger partial charge >= 0.3 is 0 Å². The van der Waals surface area contributed by atoms with Gasteiger partial charge in [0.05, 0.1) is 0 Å². The summed E-state index contributed by atoms with van der Waals surface area (Å²) in [6, 6.07) is 0.799. The Labute approximate surface area is 97.8 Å². The van der Waals surface area contributed by atoms with Crippen molar-refractivity contribution in [2.75, 3.05) is 24.6 Å². The molecular formula is C12H24N2S. The van der Waals surface area contributed by atoms with Gasteiger partial charge < -0.3 is 11.1 Å². The molecular weight excluding hydrogens is 204 g/mol. The number of hydrogen-bond acceptors (Lipinski definition) is 3. The highest BCUT2D eigenvalue weighted by Crippen LogP contribution is 2.29. The van der Waals surface area contributed by atoms with Gasteiger partial charge in [0.25, 0.3) is 0 Å². The van der Waals surface area contributed by atoms with Gasteiger partial charge in [-0.05, 0) is 55.7 Å². The molecule has 0 aromatic rings. The summed E-state index contributed by atoms with van der Waals surface area (Å²) in [6.45, 7) is 2.03. The van der Waals surface area contributed by atoms with Gasteiger partial charge in [-0.3, -0.25) is 0 Å². The first-order chi connectivity index (χ1) is 7.40. The van der Waals surface area contributed by atoms with Crippen LogP contribution < -0.4 is 11.1 Å². The minimum absolute atomic E-state index is 0.723. The second-order valence-corrected chi connectivity index (χ2v) is 6.16. The van der Waals surface area contributed by atoms with Crippen LogP contribution in [0.25, 0.3) is 0 Å². The van der Waals surface area contributed by atoms with Crippen LogP contribution in [-0.2, 0) is 0 Å². The summed E-state index contributed by atoms with van der Waals surface area (Å²) in [5.74, 6) is 4.30. The number of rotatable bonds is 5. The molecule has 0 amide bonds. The Kier molecular flexibility index (Phi) is 4.79. The van der Waals surface area contributed by atoms with Crippen molar-refractivity contribution in [1.29, 1.82) is 0 Å². The van der Waals surface area contributed by atoms with Crippen molar-refractivity contribution < 1.29 is 0 Å². The van der Waals surface area contributed by atoms with E-state index in [0.29, 0.717) is 0 Å². The summed E-state index contributed by atoms with van der Waals surface area (Å²) in [6.07, 6.45) is 7.00. The number of nitrogens with two attached hydrogens (primary N) is 1. The molecule has 15 heavy (non-hydrogen) atoms. The average Bonchev–Trinajstić information content (AvgIpc) is 2.90. The van der Waals surface area contributed by atoms with E-state index < -0.39 is 0 Å². The molecule has 1 aliphatic carbocycles. The Balaban J connectivity index is 1.69. The standard InChI is InChI=1S/C12H24N2S/c13-7-11(10-5-6-15-9-10)8-14-12-3-1-2-4-12/h10-12,14H,1-9,13H2. The minimum Gasteiger partial charge on any atom is -0.330 e. The fraction of sp³-hybridized carbons (Fsp3) is 1.00. The van der Waals surface area contributed by atoms with E-state index in [0.717, 1.165) is 31.0 Å². The summed E-state index contributed by atoms with van der Waals surface area (Å²) in [5.41, 5.74) is 5.89. The molecule has 0 spiro atoms. The highest BCUT2D eigenvalue weighted by atomic mass is 32.2. The molecule has 0 aromatic heterocycles. The van der Waals surface area contributed by atoms with Gasteiger partial charge in [0.15, 0.2) is 0 Å². The van der Waals surface area contributed by atoms with Crippen LogP contribution in [0.3, 0.4) is 0 Å². The SMILES string of the molecule is NCC(CNC1CCCC1)C1CCSC1. The molecule has 1 saturated carbocycles. The second-order valence-electron chi connectivity index (χ2n) is 5.01. The molecule has 2 nitrogen and oxygen atoms in total. The lowest BCUT2D eigenvalue weighted by Gasteiger charge is -2.23. The fourth-order valence-electron chi connectivity index (χ4n) is 2.81. The maximum Gasteiger partial charge on any atom is 0.00671 e. The fourth-order valence-corrected chi connectivity index (χ4v) is 4.19. The van der Waals surface area contributed by atoms with Crippen molar-refractivity contribution in [3.05, 3.63) is 0 Å². The Morgan fingerprint density at radius 2 is 2.07 bits per heavy atom. The van der Waals surface area contributed by atoms with Crippen LogP contribution in [0.2, 0.25) is 0 Å². The monoisotopic (exact) mass is 228 g/mol. The van der Waals surface area contributed by atoms with Crippen LogP contribution in [-0.4, -0.2) is 30.6 Å². The molecule has 2 rings (SSSR count). The van der Waals surface area contributed by atoms with Gasteiger partial charge in [-0.25, -0.2) is 0 Å². The first-order valence-electron chi connectivity index (χ1n) is 6.41. The lowest BCUT2D eigenvalue weighted by atomic mass is 9.91. The molecule has 0 radical (unpaired) electrons. The van der Waals surface area contributed by atoms with E-state index in [4.69, 9.17) is 5.73 Å². The van der Waals surface area contributed by atoms with Crippen molar-refractivity contribution in [2.45, 2.75) is 38.1 Å². The molecule has 3 heteroatoms. The Hall–Kier alpha value is 0.270. The second kappa shape index (κ2) is 6.12. The number of thioether (sulfide) groups is 1. The normalized spacial score (nSPS) is 29.8. The zero-order chi connectivity index (χ0) is 10.5. The molecule has 3 N–H and O–H groups in total. The van der Waals surface area contributed by atoms with Gasteiger partial charge in [-0.15, -0.1) is 0 Å². The van der Waals surface area contributed by atoms with Gasteiger partial charge in [-0.1, -0.05) is 12.8 Å². The maximum absolute atomic E-state index is 5.89. The van der Waals surface area contributed by atoms with Gasteiger partial charge in [0.2, 0.25) is 0 Å². The molecule has 2 aliphatic rings. The molecule has 0 aromatic carbocycles. The van der Waals surface area contributed by atoms with E-state index in [1.54, 1.807) is 0 Å². The third kappa shape index (κ3) is 3.36. The highest BCUT2D eigenvalue weighted by molar-refractivity contribution is 7.99. The molecule has 2 fully saturated rings. The Morgan fingerprint density at radius 1 is 1.27 bits per heavy atom. The van der Waals surface area contributed by atoms with Crippen molar-refractivity contribution in [3.63, 3.8) is 0 Å². The summed E-state index contributed by atoms with van der Waals surface area (Å²) in [4.78, 5) is 0. The van der Waals surface area contributed by atoms with Gasteiger partial charge in [-0.2, -0.15) is 11.8 Å². The molecule has 2 atom stereocenters. The van der Waals surface area contributed by atoms with Gasteiger partial charge in [0.1, 0.15) is 0 Å². The first-order valence-corrected chi connectivity index (χ1v) is 7.57. The zero-order valence-corrected chi connectivity index (χ0v) is 10.4. The molecule has 1 heterocycles. The third-order valence-corrected chi connectivity index (χ3v) is 5.15. The van der Waals surface area contributed by atoms with Crippen molar-refractivity contribution in [3.8, 4) is 0 Å². The van der Waals surface area contributed by atoms with Gasteiger partial charge in [0, 0.05) is 6.04 Å². The zero-order valence-electron chi connectivity index (χ0n) is 9.58. The van der Waals surface area contributed by atoms with Crippen LogP contribution in [0.1, 0.15) is 32.1 Å². The smallest absolute Gasteiger partial charge is 0.00671 e. The van der Waals surface area contributed by atoms with E-state index in [9.17, 15) is 0 Å². The Bertz CT molecular complexity index is 174. The van der Waals surface area contributed by atoms with E-state index in [1.165, 1.54) is 43.6 Å². The summed E-state index contributed by atoms with van der Waals surface area (Å²) in [5, 5.41) is 3.72. The topological polar surface area (TPSA) is 38.0 Å². The molecule has 0 bridgehead atoms. The largest absolute Gasteiger partial charge is 0.330 e. The van der Waals surface area contributed by atoms with Crippen LogP contribution in [0.5, 0.6) is 0 Å². The predicted molar refractivity (Wildman–Crippen MR) is 68.2 cm³/mol. The van der Waals surface area contributed by atoms with Crippen molar-refractivity contribution in [2.24, 2.45) is 17.6 Å². The van der Waals surface area contributed by atoms with E-state index >= 15 is 0 Å². The molecule has 2 unspecified atom stereocenters. The van der Waals surface area contributed by atoms with Crippen molar-refractivity contribution >= 4 is 11.8 Å². The maximum atomic E-state index is 5.89. The number of hydrogen-bond donors (Lipinski definition) is 2. The first kappa shape index (κ1) is 11.7. The lowest BCUT2D eigenvalue weighted by molar-refractivity contribution is 0.336. The average molecular weight is 228 g/mol. The molecule has 1 aliphatic heterocycles. The summed E-state index contributed by atoms with van der Waals surface area (Å²) >= 11 is 2.10. The number of nitrogens with one attached hydrogen (secondary N) is 1. The third-order valence-electron chi connectivity index (χ3n) is 3.96. The lowest BCUT2D eigenvalue weighted by Crippen LogP contribution is -2.37. The summed E-state index contributed by atoms with van der Waals surface area (Å²) in [7, 11) is 0. The van der Waals surface area contributed by atoms with Crippen molar-refractivity contribution in [1.82, 2.24) is 5.32 Å². The highest BCUT2D eigenvalue weighted by Gasteiger charge is 2.25. The van der Waals surface area contributed by atoms with Crippen LogP contribution in [0.15, 0.2) is 0 Å². The van der Waals surface area contributed by atoms with Crippen LogP contribution in [0, 0.1) is 11.8 Å². The van der Waals surface area contributed by atoms with E-state index in [2.05, 4.69) is 17.1 Å². The van der Waals surface area contributed by atoms with Crippen LogP contribution in [0.4, 0.5) is 0 Å². The quantitative estimate of drug-likeness (QED) is 0.754. The predicted octanol–water partition coefficient (Wildman–Crippen LogP) is 1.85. The van der Waals surface area contributed by atoms with E-state index in [-0.39, 0.29) is 0 Å². The molecule has 1 saturated heterocycles.